The zero-order valence-electron chi connectivity index (χ0n) is 20.2. The van der Waals surface area contributed by atoms with Crippen LogP contribution in [0.1, 0.15) is 67.8 Å². The minimum atomic E-state index is -0.962. The fraction of sp³-hybridized carbons (Fsp3) is 0.400. The van der Waals surface area contributed by atoms with Crippen LogP contribution in [-0.4, -0.2) is 24.2 Å². The number of benzene rings is 3. The number of hydrogen-bond acceptors (Lipinski definition) is 3. The van der Waals surface area contributed by atoms with Crippen molar-refractivity contribution in [3.05, 3.63) is 102 Å². The van der Waals surface area contributed by atoms with Crippen molar-refractivity contribution in [3.8, 4) is 5.75 Å². The van der Waals surface area contributed by atoms with Gasteiger partial charge in [0.25, 0.3) is 0 Å². The quantitative estimate of drug-likeness (QED) is 0.385. The number of nitrogens with zero attached hydrogens (tertiary/aromatic N) is 1. The van der Waals surface area contributed by atoms with Gasteiger partial charge >= 0.3 is 0 Å². The summed E-state index contributed by atoms with van der Waals surface area (Å²) < 4.78 is 5.55. The Labute approximate surface area is 199 Å². The average Bonchev–Trinajstić information content (AvgIpc) is 2.87. The highest BCUT2D eigenvalue weighted by Crippen LogP contribution is 2.55. The summed E-state index contributed by atoms with van der Waals surface area (Å²) in [6, 6.07) is 29.6. The number of likely N-dealkylation sites (tertiary alicyclic amines) is 1. The van der Waals surface area contributed by atoms with Gasteiger partial charge in [0.15, 0.2) is 0 Å². The van der Waals surface area contributed by atoms with E-state index in [0.29, 0.717) is 6.42 Å². The summed E-state index contributed by atoms with van der Waals surface area (Å²) in [5.74, 6) is 0.864. The fourth-order valence-corrected chi connectivity index (χ4v) is 5.71. The molecule has 1 aliphatic rings. The van der Waals surface area contributed by atoms with Gasteiger partial charge < -0.3 is 9.84 Å². The van der Waals surface area contributed by atoms with E-state index in [0.717, 1.165) is 24.2 Å². The molecule has 0 bridgehead atoms. The van der Waals surface area contributed by atoms with Crippen molar-refractivity contribution in [1.82, 2.24) is 4.90 Å². The van der Waals surface area contributed by atoms with E-state index in [1.54, 1.807) is 7.11 Å². The van der Waals surface area contributed by atoms with Crippen molar-refractivity contribution in [1.29, 1.82) is 0 Å². The van der Waals surface area contributed by atoms with Gasteiger partial charge in [-0.1, -0.05) is 99.0 Å². The summed E-state index contributed by atoms with van der Waals surface area (Å²) in [6.45, 7) is 2.24. The normalized spacial score (nSPS) is 25.6. The molecule has 1 saturated heterocycles. The minimum Gasteiger partial charge on any atom is -0.497 e. The largest absolute Gasteiger partial charge is 0.497 e. The summed E-state index contributed by atoms with van der Waals surface area (Å²) in [4.78, 5) is 2.50. The molecule has 33 heavy (non-hydrogen) atoms. The molecular weight excluding hydrogens is 406 g/mol. The molecule has 0 unspecified atom stereocenters. The molecule has 4 rings (SSSR count). The topological polar surface area (TPSA) is 32.7 Å². The average molecular weight is 444 g/mol. The van der Waals surface area contributed by atoms with Crippen LogP contribution in [0.25, 0.3) is 0 Å². The summed E-state index contributed by atoms with van der Waals surface area (Å²) in [6.07, 6.45) is 5.09. The Bertz CT molecular complexity index is 1010. The van der Waals surface area contributed by atoms with Crippen LogP contribution < -0.4 is 4.74 Å². The number of aliphatic hydroxyl groups is 1. The van der Waals surface area contributed by atoms with Crippen LogP contribution in [0, 0.1) is 5.92 Å². The Kier molecular flexibility index (Phi) is 7.52. The van der Waals surface area contributed by atoms with E-state index in [9.17, 15) is 5.11 Å². The van der Waals surface area contributed by atoms with Crippen LogP contribution in [0.4, 0.5) is 0 Å². The lowest BCUT2D eigenvalue weighted by molar-refractivity contribution is -0.130. The molecule has 0 amide bonds. The number of unbranched alkanes of at least 4 members (excludes halogenated alkanes) is 2. The zero-order valence-corrected chi connectivity index (χ0v) is 20.2. The standard InChI is InChI=1S/C30H37NO2/c1-4-5-8-20-27-29(24-16-11-7-12-17-24)31(2)28(23-14-9-6-10-15-23)22-30(27,32)25-18-13-19-26(21-25)33-3/h6-7,9-19,21,27-29,32H,4-5,8,20,22H2,1-3H3/t27-,28+,29+,30-/m1/s1. The van der Waals surface area contributed by atoms with Crippen molar-refractivity contribution >= 4 is 0 Å². The van der Waals surface area contributed by atoms with Crippen molar-refractivity contribution < 1.29 is 9.84 Å². The first-order chi connectivity index (χ1) is 16.1. The van der Waals surface area contributed by atoms with Gasteiger partial charge in [-0.05, 0) is 42.3 Å². The Morgan fingerprint density at radius 2 is 1.58 bits per heavy atom. The van der Waals surface area contributed by atoms with Crippen LogP contribution >= 0.6 is 0 Å². The SMILES string of the molecule is CCCCC[C@@H]1[C@H](c2ccccc2)N(C)[C@H](c2ccccc2)C[C@@]1(O)c1cccc(OC)c1. The van der Waals surface area contributed by atoms with Gasteiger partial charge in [-0.2, -0.15) is 0 Å². The molecule has 0 saturated carbocycles. The van der Waals surface area contributed by atoms with Crippen molar-refractivity contribution in [2.24, 2.45) is 5.92 Å². The molecule has 1 fully saturated rings. The summed E-state index contributed by atoms with van der Waals surface area (Å²) >= 11 is 0. The van der Waals surface area contributed by atoms with Gasteiger partial charge in [0, 0.05) is 24.4 Å². The molecule has 0 aromatic heterocycles. The minimum absolute atomic E-state index is 0.0727. The molecule has 3 nitrogen and oxygen atoms in total. The van der Waals surface area contributed by atoms with Crippen molar-refractivity contribution in [2.75, 3.05) is 14.2 Å². The van der Waals surface area contributed by atoms with E-state index in [1.165, 1.54) is 24.0 Å². The lowest BCUT2D eigenvalue weighted by Gasteiger charge is -2.54. The van der Waals surface area contributed by atoms with Gasteiger partial charge in [-0.3, -0.25) is 4.90 Å². The van der Waals surface area contributed by atoms with Gasteiger partial charge in [0.1, 0.15) is 5.75 Å². The Hall–Kier alpha value is -2.62. The highest BCUT2D eigenvalue weighted by Gasteiger charge is 2.51. The number of ether oxygens (including phenoxy) is 1. The zero-order chi connectivity index (χ0) is 23.3. The lowest BCUT2D eigenvalue weighted by Crippen LogP contribution is -2.52. The van der Waals surface area contributed by atoms with E-state index < -0.39 is 5.60 Å². The first kappa shape index (κ1) is 23.5. The summed E-state index contributed by atoms with van der Waals surface area (Å²) in [5, 5.41) is 12.6. The molecule has 174 valence electrons. The molecule has 1 N–H and O–H groups in total. The molecule has 3 aromatic rings. The van der Waals surface area contributed by atoms with Crippen LogP contribution in [0.5, 0.6) is 5.75 Å². The molecule has 0 spiro atoms. The molecule has 3 heteroatoms. The predicted molar refractivity (Wildman–Crippen MR) is 135 cm³/mol. The second-order valence-corrected chi connectivity index (χ2v) is 9.41. The third kappa shape index (κ3) is 4.85. The van der Waals surface area contributed by atoms with Gasteiger partial charge in [0.05, 0.1) is 12.7 Å². The molecule has 3 aromatic carbocycles. The summed E-state index contributed by atoms with van der Waals surface area (Å²) in [5.41, 5.74) is 2.51. The second-order valence-electron chi connectivity index (χ2n) is 9.41. The maximum Gasteiger partial charge on any atom is 0.119 e. The number of methoxy groups -OCH3 is 1. The van der Waals surface area contributed by atoms with Crippen LogP contribution in [0.3, 0.4) is 0 Å². The lowest BCUT2D eigenvalue weighted by atomic mass is 9.65. The number of piperidine rings is 1. The molecular formula is C30H37NO2. The molecule has 0 aliphatic carbocycles. The monoisotopic (exact) mass is 443 g/mol. The molecule has 1 aliphatic heterocycles. The summed E-state index contributed by atoms with van der Waals surface area (Å²) in [7, 11) is 3.92. The third-order valence-electron chi connectivity index (χ3n) is 7.44. The van der Waals surface area contributed by atoms with Crippen molar-refractivity contribution in [3.63, 3.8) is 0 Å². The first-order valence-electron chi connectivity index (χ1n) is 12.3. The van der Waals surface area contributed by atoms with E-state index >= 15 is 0 Å². The van der Waals surface area contributed by atoms with Crippen LogP contribution in [0.2, 0.25) is 0 Å². The van der Waals surface area contributed by atoms with E-state index in [-0.39, 0.29) is 18.0 Å². The van der Waals surface area contributed by atoms with Gasteiger partial charge in [-0.25, -0.2) is 0 Å². The smallest absolute Gasteiger partial charge is 0.119 e. The maximum atomic E-state index is 12.6. The predicted octanol–water partition coefficient (Wildman–Crippen LogP) is 6.90. The van der Waals surface area contributed by atoms with Crippen LogP contribution in [0.15, 0.2) is 84.9 Å². The Morgan fingerprint density at radius 3 is 2.21 bits per heavy atom. The number of hydrogen-bond donors (Lipinski definition) is 1. The highest BCUT2D eigenvalue weighted by molar-refractivity contribution is 5.36. The van der Waals surface area contributed by atoms with Crippen LogP contribution in [-0.2, 0) is 5.60 Å². The van der Waals surface area contributed by atoms with Crippen molar-refractivity contribution in [2.45, 2.75) is 56.7 Å². The molecule has 1 heterocycles. The Balaban J connectivity index is 1.86. The van der Waals surface area contributed by atoms with Gasteiger partial charge in [0.2, 0.25) is 0 Å². The first-order valence-corrected chi connectivity index (χ1v) is 12.3. The molecule has 4 atom stereocenters. The highest BCUT2D eigenvalue weighted by atomic mass is 16.5. The Morgan fingerprint density at radius 1 is 0.909 bits per heavy atom. The molecule has 0 radical (unpaired) electrons. The third-order valence-corrected chi connectivity index (χ3v) is 7.44. The maximum absolute atomic E-state index is 12.6. The van der Waals surface area contributed by atoms with E-state index in [4.69, 9.17) is 4.74 Å². The fourth-order valence-electron chi connectivity index (χ4n) is 5.71. The second kappa shape index (κ2) is 10.5. The van der Waals surface area contributed by atoms with Gasteiger partial charge in [-0.15, -0.1) is 0 Å². The van der Waals surface area contributed by atoms with E-state index in [2.05, 4.69) is 85.6 Å². The van der Waals surface area contributed by atoms with E-state index in [1.807, 2.05) is 18.2 Å². The number of rotatable bonds is 8.